The second kappa shape index (κ2) is 7.63. The summed E-state index contributed by atoms with van der Waals surface area (Å²) in [5.74, 6) is -0.262. The number of fused-ring (bicyclic) bond motifs is 1. The molecular weight excluding hydrogens is 379 g/mol. The maximum atomic E-state index is 12.5. The second-order valence-electron chi connectivity index (χ2n) is 6.58. The van der Waals surface area contributed by atoms with E-state index in [4.69, 9.17) is 23.2 Å². The van der Waals surface area contributed by atoms with E-state index in [2.05, 4.69) is 40.5 Å². The van der Waals surface area contributed by atoms with Gasteiger partial charge in [0.1, 0.15) is 0 Å². The largest absolute Gasteiger partial charge is 0.367 e. The van der Waals surface area contributed by atoms with Crippen LogP contribution in [0.2, 0.25) is 10.0 Å². The topological polar surface area (TPSA) is 32.3 Å². The lowest BCUT2D eigenvalue weighted by Crippen LogP contribution is -2.19. The van der Waals surface area contributed by atoms with Crippen LogP contribution in [-0.2, 0) is 13.0 Å². The van der Waals surface area contributed by atoms with Crippen LogP contribution in [0.15, 0.2) is 66.7 Å². The minimum Gasteiger partial charge on any atom is -0.367 e. The van der Waals surface area contributed by atoms with Crippen LogP contribution in [0.5, 0.6) is 0 Å². The molecule has 3 nitrogen and oxygen atoms in total. The molecule has 0 unspecified atom stereocenters. The number of carbonyl (C=O) groups excluding carboxylic acids is 1. The Bertz CT molecular complexity index is 989. The highest BCUT2D eigenvalue weighted by atomic mass is 35.5. The van der Waals surface area contributed by atoms with Gasteiger partial charge in [-0.25, -0.2) is 0 Å². The van der Waals surface area contributed by atoms with Gasteiger partial charge in [-0.05, 0) is 53.9 Å². The second-order valence-corrected chi connectivity index (χ2v) is 7.42. The first-order valence-corrected chi connectivity index (χ1v) is 9.54. The van der Waals surface area contributed by atoms with Gasteiger partial charge in [0.2, 0.25) is 0 Å². The number of nitrogens with one attached hydrogen (secondary N) is 1. The molecule has 3 aromatic rings. The van der Waals surface area contributed by atoms with Gasteiger partial charge >= 0.3 is 0 Å². The summed E-state index contributed by atoms with van der Waals surface area (Å²) >= 11 is 12.1. The van der Waals surface area contributed by atoms with Crippen molar-refractivity contribution in [1.29, 1.82) is 0 Å². The maximum absolute atomic E-state index is 12.5. The van der Waals surface area contributed by atoms with E-state index in [-0.39, 0.29) is 5.91 Å². The number of amides is 1. The number of halogens is 2. The molecule has 27 heavy (non-hydrogen) atoms. The van der Waals surface area contributed by atoms with Gasteiger partial charge in [0, 0.05) is 29.5 Å². The molecule has 5 heteroatoms. The lowest BCUT2D eigenvalue weighted by atomic mass is 10.1. The molecule has 1 amide bonds. The Morgan fingerprint density at radius 2 is 1.81 bits per heavy atom. The normalized spacial score (nSPS) is 12.7. The summed E-state index contributed by atoms with van der Waals surface area (Å²) in [4.78, 5) is 14.9. The van der Waals surface area contributed by atoms with Crippen molar-refractivity contribution in [3.8, 4) is 0 Å². The molecule has 0 atom stereocenters. The molecular formula is C22H18Cl2N2O. The summed E-state index contributed by atoms with van der Waals surface area (Å²) in [6.07, 6.45) is 0.962. The van der Waals surface area contributed by atoms with Crippen molar-refractivity contribution in [1.82, 2.24) is 0 Å². The molecule has 4 rings (SSSR count). The molecule has 0 aromatic heterocycles. The minimum absolute atomic E-state index is 0.262. The third-order valence-electron chi connectivity index (χ3n) is 4.72. The molecule has 0 aliphatic carbocycles. The Morgan fingerprint density at radius 3 is 2.63 bits per heavy atom. The fourth-order valence-electron chi connectivity index (χ4n) is 3.39. The Morgan fingerprint density at radius 1 is 1.00 bits per heavy atom. The first kappa shape index (κ1) is 17.9. The molecule has 0 saturated heterocycles. The molecule has 1 aliphatic heterocycles. The van der Waals surface area contributed by atoms with Crippen molar-refractivity contribution in [2.45, 2.75) is 13.0 Å². The highest BCUT2D eigenvalue weighted by molar-refractivity contribution is 6.36. The van der Waals surface area contributed by atoms with Gasteiger partial charge in [0.05, 0.1) is 10.6 Å². The Labute approximate surface area is 168 Å². The summed E-state index contributed by atoms with van der Waals surface area (Å²) in [5, 5.41) is 3.78. The van der Waals surface area contributed by atoms with Crippen molar-refractivity contribution in [2.24, 2.45) is 0 Å². The fraction of sp³-hybridized carbons (Fsp3) is 0.136. The zero-order chi connectivity index (χ0) is 18.8. The Balaban J connectivity index is 1.50. The van der Waals surface area contributed by atoms with Gasteiger partial charge in [-0.15, -0.1) is 0 Å². The van der Waals surface area contributed by atoms with Crippen LogP contribution in [0.1, 0.15) is 21.5 Å². The van der Waals surface area contributed by atoms with Crippen LogP contribution in [0.4, 0.5) is 11.4 Å². The number of anilines is 2. The van der Waals surface area contributed by atoms with Gasteiger partial charge < -0.3 is 10.2 Å². The zero-order valence-corrected chi connectivity index (χ0v) is 16.1. The van der Waals surface area contributed by atoms with E-state index in [1.807, 2.05) is 18.2 Å². The zero-order valence-electron chi connectivity index (χ0n) is 14.6. The van der Waals surface area contributed by atoms with Crippen LogP contribution in [0, 0.1) is 0 Å². The van der Waals surface area contributed by atoms with Crippen LogP contribution >= 0.6 is 23.2 Å². The summed E-state index contributed by atoms with van der Waals surface area (Å²) in [6.45, 7) is 1.86. The quantitative estimate of drug-likeness (QED) is 0.603. The number of hydrogen-bond donors (Lipinski definition) is 1. The van der Waals surface area contributed by atoms with E-state index < -0.39 is 0 Å². The third kappa shape index (κ3) is 3.95. The predicted octanol–water partition coefficient (Wildman–Crippen LogP) is 5.81. The number of rotatable bonds is 4. The van der Waals surface area contributed by atoms with Crippen LogP contribution in [0.3, 0.4) is 0 Å². The highest BCUT2D eigenvalue weighted by Crippen LogP contribution is 2.32. The molecule has 1 N–H and O–H groups in total. The standard InChI is InChI=1S/C22H18Cl2N2O/c23-17-6-8-20(24)19(13-17)22(27)25-18-7-9-21-16(12-18)10-11-26(21)14-15-4-2-1-3-5-15/h1-9,12-13H,10-11,14H2,(H,25,27). The molecule has 0 radical (unpaired) electrons. The van der Waals surface area contributed by atoms with Gasteiger partial charge in [-0.2, -0.15) is 0 Å². The Kier molecular flexibility index (Phi) is 5.06. The smallest absolute Gasteiger partial charge is 0.257 e. The van der Waals surface area contributed by atoms with E-state index in [9.17, 15) is 4.79 Å². The van der Waals surface area contributed by atoms with Gasteiger partial charge in [0.25, 0.3) is 5.91 Å². The van der Waals surface area contributed by atoms with Gasteiger partial charge in [0.15, 0.2) is 0 Å². The van der Waals surface area contributed by atoms with Gasteiger partial charge in [-0.3, -0.25) is 4.79 Å². The maximum Gasteiger partial charge on any atom is 0.257 e. The molecule has 3 aromatic carbocycles. The predicted molar refractivity (Wildman–Crippen MR) is 112 cm³/mol. The lowest BCUT2D eigenvalue weighted by Gasteiger charge is -2.19. The van der Waals surface area contributed by atoms with Gasteiger partial charge in [-0.1, -0.05) is 53.5 Å². The molecule has 0 bridgehead atoms. The van der Waals surface area contributed by atoms with Crippen molar-refractivity contribution >= 4 is 40.5 Å². The summed E-state index contributed by atoms with van der Waals surface area (Å²) in [5.41, 5.74) is 4.88. The van der Waals surface area contributed by atoms with Crippen molar-refractivity contribution in [3.05, 3.63) is 93.5 Å². The SMILES string of the molecule is O=C(Nc1ccc2c(c1)CCN2Cc1ccccc1)c1cc(Cl)ccc1Cl. The summed E-state index contributed by atoms with van der Waals surface area (Å²) in [6, 6.07) is 21.3. The first-order valence-electron chi connectivity index (χ1n) is 8.78. The summed E-state index contributed by atoms with van der Waals surface area (Å²) in [7, 11) is 0. The number of hydrogen-bond acceptors (Lipinski definition) is 2. The summed E-state index contributed by atoms with van der Waals surface area (Å²) < 4.78 is 0. The molecule has 136 valence electrons. The number of benzene rings is 3. The molecule has 1 heterocycles. The van der Waals surface area contributed by atoms with Crippen LogP contribution in [0.25, 0.3) is 0 Å². The average molecular weight is 397 g/mol. The van der Waals surface area contributed by atoms with Crippen molar-refractivity contribution < 1.29 is 4.79 Å². The number of nitrogens with zero attached hydrogens (tertiary/aromatic N) is 1. The molecule has 1 aliphatic rings. The average Bonchev–Trinajstić information content (AvgIpc) is 3.06. The van der Waals surface area contributed by atoms with Crippen LogP contribution in [-0.4, -0.2) is 12.5 Å². The monoisotopic (exact) mass is 396 g/mol. The lowest BCUT2D eigenvalue weighted by molar-refractivity contribution is 0.102. The Hall–Kier alpha value is -2.49. The van der Waals surface area contributed by atoms with E-state index in [0.717, 1.165) is 25.2 Å². The number of carbonyl (C=O) groups is 1. The van der Waals surface area contributed by atoms with Crippen molar-refractivity contribution in [2.75, 3.05) is 16.8 Å². The molecule has 0 spiro atoms. The van der Waals surface area contributed by atoms with E-state index in [1.54, 1.807) is 18.2 Å². The third-order valence-corrected chi connectivity index (χ3v) is 5.28. The fourth-order valence-corrected chi connectivity index (χ4v) is 3.76. The molecule has 0 saturated carbocycles. The first-order chi connectivity index (χ1) is 13.1. The van der Waals surface area contributed by atoms with E-state index >= 15 is 0 Å². The minimum atomic E-state index is -0.262. The van der Waals surface area contributed by atoms with E-state index in [1.165, 1.54) is 16.8 Å². The van der Waals surface area contributed by atoms with Crippen molar-refractivity contribution in [3.63, 3.8) is 0 Å². The van der Waals surface area contributed by atoms with E-state index in [0.29, 0.717) is 15.6 Å². The highest BCUT2D eigenvalue weighted by Gasteiger charge is 2.20. The van der Waals surface area contributed by atoms with Crippen LogP contribution < -0.4 is 10.2 Å². The molecule has 0 fully saturated rings.